The lowest BCUT2D eigenvalue weighted by Gasteiger charge is -2.26. The molecule has 0 aliphatic carbocycles. The first kappa shape index (κ1) is 25.8. The first-order chi connectivity index (χ1) is 12.8. The van der Waals surface area contributed by atoms with Crippen molar-refractivity contribution in [1.82, 2.24) is 4.90 Å². The van der Waals surface area contributed by atoms with Gasteiger partial charge in [0.25, 0.3) is 0 Å². The smallest absolute Gasteiger partial charge is 0.362 e. The van der Waals surface area contributed by atoms with Gasteiger partial charge >= 0.3 is 12.6 Å². The lowest BCUT2D eigenvalue weighted by Crippen LogP contribution is -2.30. The maximum atomic E-state index is 11.4. The molecule has 27 heavy (non-hydrogen) atoms. The molecular formula is C19H35N2O4PS. The number of ether oxygens (including phenoxy) is 1. The molecule has 0 bridgehead atoms. The molecule has 8 heteroatoms. The van der Waals surface area contributed by atoms with Crippen molar-refractivity contribution in [3.8, 4) is 0 Å². The van der Waals surface area contributed by atoms with E-state index < -0.39 is 12.6 Å². The van der Waals surface area contributed by atoms with Gasteiger partial charge in [-0.2, -0.15) is 4.76 Å². The number of esters is 1. The Kier molecular flexibility index (Phi) is 14.2. The summed E-state index contributed by atoms with van der Waals surface area (Å²) in [6, 6.07) is 0. The number of methoxy groups -OCH3 is 1. The van der Waals surface area contributed by atoms with Gasteiger partial charge in [-0.15, -0.1) is 0 Å². The van der Waals surface area contributed by atoms with E-state index in [-0.39, 0.29) is 0 Å². The van der Waals surface area contributed by atoms with Crippen molar-refractivity contribution in [1.29, 1.82) is 0 Å². The van der Waals surface area contributed by atoms with Gasteiger partial charge in [-0.05, 0) is 46.5 Å². The zero-order valence-electron chi connectivity index (χ0n) is 17.6. The lowest BCUT2D eigenvalue weighted by atomic mass is 10.3. The van der Waals surface area contributed by atoms with Crippen molar-refractivity contribution in [3.05, 3.63) is 24.0 Å². The topological polar surface area (TPSA) is 60.4 Å². The molecule has 0 spiro atoms. The summed E-state index contributed by atoms with van der Waals surface area (Å²) in [5, 5.41) is 0. The van der Waals surface area contributed by atoms with Crippen LogP contribution in [0.25, 0.3) is 0 Å². The molecule has 0 fully saturated rings. The van der Waals surface area contributed by atoms with Gasteiger partial charge in [-0.1, -0.05) is 26.0 Å². The van der Waals surface area contributed by atoms with Crippen molar-refractivity contribution >= 4 is 30.3 Å². The largest absolute Gasteiger partial charge is 0.466 e. The molecule has 156 valence electrons. The Morgan fingerprint density at radius 1 is 1.22 bits per heavy atom. The summed E-state index contributed by atoms with van der Waals surface area (Å²) in [6.07, 6.45) is 9.10. The number of nitrogens with zero attached hydrogens (tertiary/aromatic N) is 2. The average molecular weight is 419 g/mol. The molecule has 0 aromatic heterocycles. The lowest BCUT2D eigenvalue weighted by molar-refractivity contribution is -0.135. The van der Waals surface area contributed by atoms with Crippen LogP contribution < -0.4 is 0 Å². The summed E-state index contributed by atoms with van der Waals surface area (Å²) in [4.78, 5) is 13.6. The van der Waals surface area contributed by atoms with E-state index in [1.54, 1.807) is 6.92 Å². The molecular weight excluding hydrogens is 383 g/mol. The summed E-state index contributed by atoms with van der Waals surface area (Å²) in [5.74, 6) is 0.649. The Balaban J connectivity index is 5.41. The highest BCUT2D eigenvalue weighted by atomic mass is 32.5. The standard InChI is InChI=1S/C19H35N2O4PS/c1-7-10-11-12-15-24-26(27,25-17(4)16-19(22)23-6)20-18(5)21(13-8-2)14-9-3/h7,10,16H,8-9,11-15H2,1-6H3. The minimum atomic E-state index is -2.97. The number of amidine groups is 1. The monoisotopic (exact) mass is 418 g/mol. The number of hydrogen-bond donors (Lipinski definition) is 0. The number of unbranched alkanes of at least 4 members (excludes halogenated alkanes) is 1. The predicted molar refractivity (Wildman–Crippen MR) is 116 cm³/mol. The third kappa shape index (κ3) is 12.0. The highest BCUT2D eigenvalue weighted by Crippen LogP contribution is 2.52. The number of rotatable bonds is 13. The Morgan fingerprint density at radius 3 is 2.37 bits per heavy atom. The summed E-state index contributed by atoms with van der Waals surface area (Å²) in [5.41, 5.74) is 0. The van der Waals surface area contributed by atoms with E-state index >= 15 is 0 Å². The molecule has 0 aromatic rings. The molecule has 0 rings (SSSR count). The van der Waals surface area contributed by atoms with E-state index in [0.717, 1.165) is 44.6 Å². The molecule has 6 nitrogen and oxygen atoms in total. The van der Waals surface area contributed by atoms with Crippen molar-refractivity contribution < 1.29 is 18.6 Å². The Labute approximate surface area is 169 Å². The van der Waals surface area contributed by atoms with Crippen LogP contribution in [0.15, 0.2) is 28.8 Å². The number of allylic oxidation sites excluding steroid dienone is 3. The first-order valence-electron chi connectivity index (χ1n) is 9.45. The number of carbonyl (C=O) groups excluding carboxylic acids is 1. The highest BCUT2D eigenvalue weighted by molar-refractivity contribution is 8.09. The van der Waals surface area contributed by atoms with Crippen molar-refractivity contribution in [2.75, 3.05) is 26.8 Å². The van der Waals surface area contributed by atoms with Crippen LogP contribution in [-0.4, -0.2) is 43.5 Å². The van der Waals surface area contributed by atoms with Crippen LogP contribution in [0.3, 0.4) is 0 Å². The van der Waals surface area contributed by atoms with Gasteiger partial charge < -0.3 is 18.7 Å². The third-order valence-electron chi connectivity index (χ3n) is 3.50. The fourth-order valence-corrected chi connectivity index (χ4v) is 4.61. The fourth-order valence-electron chi connectivity index (χ4n) is 2.27. The van der Waals surface area contributed by atoms with Gasteiger partial charge in [-0.3, -0.25) is 0 Å². The van der Waals surface area contributed by atoms with E-state index in [4.69, 9.17) is 20.9 Å². The van der Waals surface area contributed by atoms with Gasteiger partial charge in [0.2, 0.25) is 0 Å². The van der Waals surface area contributed by atoms with Crippen LogP contribution in [-0.2, 0) is 30.4 Å². The van der Waals surface area contributed by atoms with E-state index in [1.807, 2.05) is 19.9 Å². The second kappa shape index (κ2) is 14.8. The molecule has 0 radical (unpaired) electrons. The summed E-state index contributed by atoms with van der Waals surface area (Å²) in [7, 11) is 1.32. The van der Waals surface area contributed by atoms with Crippen molar-refractivity contribution in [3.63, 3.8) is 0 Å². The average Bonchev–Trinajstić information content (AvgIpc) is 2.60. The minimum Gasteiger partial charge on any atom is -0.466 e. The normalized spacial score (nSPS) is 14.9. The zero-order valence-corrected chi connectivity index (χ0v) is 19.3. The van der Waals surface area contributed by atoms with Crippen LogP contribution in [0.2, 0.25) is 0 Å². The van der Waals surface area contributed by atoms with Crippen molar-refractivity contribution in [2.45, 2.75) is 60.3 Å². The zero-order chi connectivity index (χ0) is 20.7. The highest BCUT2D eigenvalue weighted by Gasteiger charge is 2.22. The fraction of sp³-hybridized carbons (Fsp3) is 0.684. The molecule has 1 atom stereocenters. The molecule has 0 aliphatic rings. The van der Waals surface area contributed by atoms with E-state index in [2.05, 4.69) is 34.3 Å². The van der Waals surface area contributed by atoms with Crippen LogP contribution in [0.4, 0.5) is 0 Å². The molecule has 1 unspecified atom stereocenters. The first-order valence-corrected chi connectivity index (χ1v) is 12.0. The third-order valence-corrected chi connectivity index (χ3v) is 5.85. The Morgan fingerprint density at radius 2 is 1.85 bits per heavy atom. The molecule has 0 heterocycles. The molecule has 0 saturated carbocycles. The van der Waals surface area contributed by atoms with Gasteiger partial charge in [0.05, 0.1) is 19.8 Å². The van der Waals surface area contributed by atoms with Crippen LogP contribution in [0.1, 0.15) is 60.3 Å². The second-order valence-corrected chi connectivity index (χ2v) is 8.98. The SMILES string of the molecule is CC=CCCCOP(=S)(N=C(C)N(CCC)CCC)OC(C)=CC(=O)OC. The van der Waals surface area contributed by atoms with Crippen molar-refractivity contribution in [2.24, 2.45) is 4.76 Å². The quantitative estimate of drug-likeness (QED) is 0.0597. The molecule has 0 amide bonds. The van der Waals surface area contributed by atoms with Crippen LogP contribution in [0, 0.1) is 0 Å². The molecule has 0 N–H and O–H groups in total. The van der Waals surface area contributed by atoms with Gasteiger partial charge in [-0.25, -0.2) is 4.79 Å². The predicted octanol–water partition coefficient (Wildman–Crippen LogP) is 5.22. The van der Waals surface area contributed by atoms with E-state index in [9.17, 15) is 4.79 Å². The summed E-state index contributed by atoms with van der Waals surface area (Å²) >= 11 is 5.65. The Hall–Kier alpha value is -1.17. The van der Waals surface area contributed by atoms with E-state index in [1.165, 1.54) is 13.2 Å². The van der Waals surface area contributed by atoms with Gasteiger partial charge in [0, 0.05) is 24.9 Å². The van der Waals surface area contributed by atoms with Crippen LogP contribution in [0.5, 0.6) is 0 Å². The summed E-state index contributed by atoms with van der Waals surface area (Å²) in [6.45, 7) is 9.11. The summed E-state index contributed by atoms with van der Waals surface area (Å²) < 4.78 is 21.0. The van der Waals surface area contributed by atoms with Gasteiger partial charge in [0.1, 0.15) is 11.6 Å². The Bertz CT molecular complexity index is 570. The molecule has 0 aromatic carbocycles. The maximum Gasteiger partial charge on any atom is 0.362 e. The van der Waals surface area contributed by atoms with Crippen LogP contribution >= 0.6 is 6.64 Å². The number of hydrogen-bond acceptors (Lipinski definition) is 5. The molecule has 0 saturated heterocycles. The maximum absolute atomic E-state index is 11.4. The minimum absolute atomic E-state index is 0.340. The number of carbonyl (C=O) groups is 1. The second-order valence-electron chi connectivity index (χ2n) is 6.02. The molecule has 0 aliphatic heterocycles. The van der Waals surface area contributed by atoms with Gasteiger partial charge in [0.15, 0.2) is 0 Å². The van der Waals surface area contributed by atoms with E-state index in [0.29, 0.717) is 12.4 Å².